The Kier molecular flexibility index (Phi) is 5.69. The van der Waals surface area contributed by atoms with Gasteiger partial charge < -0.3 is 20.1 Å². The van der Waals surface area contributed by atoms with Gasteiger partial charge in [0.05, 0.1) is 12.7 Å². The quantitative estimate of drug-likeness (QED) is 0.515. The summed E-state index contributed by atoms with van der Waals surface area (Å²) in [6, 6.07) is 21.9. The zero-order valence-electron chi connectivity index (χ0n) is 14.6. The summed E-state index contributed by atoms with van der Waals surface area (Å²) in [5, 5.41) is 5.43. The van der Waals surface area contributed by atoms with E-state index in [0.29, 0.717) is 28.4 Å². The summed E-state index contributed by atoms with van der Waals surface area (Å²) >= 11 is 0. The Morgan fingerprint density at radius 1 is 0.704 bits per heavy atom. The molecule has 0 aromatic heterocycles. The summed E-state index contributed by atoms with van der Waals surface area (Å²) in [7, 11) is 1.56. The third-order valence-corrected chi connectivity index (χ3v) is 3.68. The summed E-state index contributed by atoms with van der Waals surface area (Å²) in [5.74, 6) is 0.570. The second-order valence-electron chi connectivity index (χ2n) is 5.59. The number of hydrogen-bond acceptors (Lipinski definition) is 4. The van der Waals surface area contributed by atoms with Crippen molar-refractivity contribution < 1.29 is 19.1 Å². The van der Waals surface area contributed by atoms with Crippen LogP contribution in [-0.4, -0.2) is 19.1 Å². The number of carbonyl (C=O) groups excluding carboxylic acids is 2. The summed E-state index contributed by atoms with van der Waals surface area (Å²) in [4.78, 5) is 24.1. The first-order valence-electron chi connectivity index (χ1n) is 8.23. The number of amides is 2. The van der Waals surface area contributed by atoms with Crippen LogP contribution < -0.4 is 20.1 Å². The third kappa shape index (κ3) is 5.09. The predicted molar refractivity (Wildman–Crippen MR) is 103 cm³/mol. The minimum absolute atomic E-state index is 0.357. The maximum absolute atomic E-state index is 12.1. The van der Waals surface area contributed by atoms with Gasteiger partial charge in [0.1, 0.15) is 11.5 Å². The topological polar surface area (TPSA) is 76.7 Å². The Morgan fingerprint density at radius 2 is 1.26 bits per heavy atom. The van der Waals surface area contributed by atoms with Crippen molar-refractivity contribution in [3.8, 4) is 11.5 Å². The van der Waals surface area contributed by atoms with E-state index in [-0.39, 0.29) is 6.03 Å². The van der Waals surface area contributed by atoms with Gasteiger partial charge in [0.15, 0.2) is 0 Å². The Balaban J connectivity index is 1.56. The molecule has 2 N–H and O–H groups in total. The van der Waals surface area contributed by atoms with Crippen molar-refractivity contribution in [3.05, 3.63) is 84.4 Å². The second-order valence-corrected chi connectivity index (χ2v) is 5.59. The van der Waals surface area contributed by atoms with E-state index in [1.807, 2.05) is 18.2 Å². The first kappa shape index (κ1) is 18.0. The maximum atomic E-state index is 12.1. The van der Waals surface area contributed by atoms with Crippen molar-refractivity contribution in [1.82, 2.24) is 0 Å². The van der Waals surface area contributed by atoms with E-state index in [4.69, 9.17) is 9.47 Å². The highest BCUT2D eigenvalue weighted by molar-refractivity contribution is 5.99. The van der Waals surface area contributed by atoms with E-state index < -0.39 is 5.97 Å². The molecule has 0 spiro atoms. The monoisotopic (exact) mass is 362 g/mol. The fraction of sp³-hybridized carbons (Fsp3) is 0.0476. The van der Waals surface area contributed by atoms with Gasteiger partial charge in [-0.25, -0.2) is 9.59 Å². The molecule has 0 saturated heterocycles. The van der Waals surface area contributed by atoms with Crippen molar-refractivity contribution in [1.29, 1.82) is 0 Å². The van der Waals surface area contributed by atoms with Crippen LogP contribution in [0.4, 0.5) is 16.2 Å². The third-order valence-electron chi connectivity index (χ3n) is 3.68. The molecule has 2 amide bonds. The lowest BCUT2D eigenvalue weighted by Gasteiger charge is -2.09. The highest BCUT2D eigenvalue weighted by Crippen LogP contribution is 2.18. The molecule has 3 rings (SSSR count). The smallest absolute Gasteiger partial charge is 0.343 e. The normalized spacial score (nSPS) is 9.96. The lowest BCUT2D eigenvalue weighted by Crippen LogP contribution is -2.19. The number of carbonyl (C=O) groups is 2. The number of hydrogen-bond donors (Lipinski definition) is 2. The molecule has 27 heavy (non-hydrogen) atoms. The highest BCUT2D eigenvalue weighted by Gasteiger charge is 2.09. The van der Waals surface area contributed by atoms with Gasteiger partial charge in [0.25, 0.3) is 0 Å². The molecule has 0 saturated carbocycles. The lowest BCUT2D eigenvalue weighted by atomic mass is 10.2. The Hall–Kier alpha value is -3.80. The largest absolute Gasteiger partial charge is 0.497 e. The van der Waals surface area contributed by atoms with E-state index >= 15 is 0 Å². The molecule has 6 nitrogen and oxygen atoms in total. The van der Waals surface area contributed by atoms with Gasteiger partial charge in [-0.1, -0.05) is 18.2 Å². The number of benzene rings is 3. The number of nitrogens with one attached hydrogen (secondary N) is 2. The average Bonchev–Trinajstić information content (AvgIpc) is 2.70. The van der Waals surface area contributed by atoms with Crippen LogP contribution in [0.3, 0.4) is 0 Å². The highest BCUT2D eigenvalue weighted by atomic mass is 16.5. The molecular formula is C21H18N2O4. The van der Waals surface area contributed by atoms with Crippen LogP contribution in [0.1, 0.15) is 10.4 Å². The molecule has 0 radical (unpaired) electrons. The predicted octanol–water partition coefficient (Wildman–Crippen LogP) is 4.56. The van der Waals surface area contributed by atoms with Crippen LogP contribution in [0.5, 0.6) is 11.5 Å². The standard InChI is InChI=1S/C21H18N2O4/c1-26-18-11-7-15(8-12-18)20(24)27-19-13-9-17(10-14-19)23-21(25)22-16-5-3-2-4-6-16/h2-14H,1H3,(H2,22,23,25). The first-order chi connectivity index (χ1) is 13.1. The molecule has 3 aromatic carbocycles. The van der Waals surface area contributed by atoms with Gasteiger partial charge in [-0.2, -0.15) is 0 Å². The fourth-order valence-corrected chi connectivity index (χ4v) is 2.31. The first-order valence-corrected chi connectivity index (χ1v) is 8.23. The van der Waals surface area contributed by atoms with Crippen LogP contribution in [-0.2, 0) is 0 Å². The lowest BCUT2D eigenvalue weighted by molar-refractivity contribution is 0.0734. The number of methoxy groups -OCH3 is 1. The number of anilines is 2. The molecule has 3 aromatic rings. The van der Waals surface area contributed by atoms with Crippen molar-refractivity contribution in [2.75, 3.05) is 17.7 Å². The van der Waals surface area contributed by atoms with E-state index in [2.05, 4.69) is 10.6 Å². The summed E-state index contributed by atoms with van der Waals surface area (Å²) < 4.78 is 10.4. The second kappa shape index (κ2) is 8.53. The average molecular weight is 362 g/mol. The van der Waals surface area contributed by atoms with Gasteiger partial charge in [0, 0.05) is 11.4 Å². The SMILES string of the molecule is COc1ccc(C(=O)Oc2ccc(NC(=O)Nc3ccccc3)cc2)cc1. The molecule has 0 atom stereocenters. The van der Waals surface area contributed by atoms with Crippen molar-refractivity contribution >= 4 is 23.4 Å². The fourth-order valence-electron chi connectivity index (χ4n) is 2.31. The van der Waals surface area contributed by atoms with Gasteiger partial charge in [-0.05, 0) is 60.7 Å². The number of urea groups is 1. The van der Waals surface area contributed by atoms with E-state index in [9.17, 15) is 9.59 Å². The molecule has 136 valence electrons. The molecule has 0 aliphatic rings. The molecule has 0 aliphatic carbocycles. The Morgan fingerprint density at radius 3 is 1.85 bits per heavy atom. The van der Waals surface area contributed by atoms with E-state index in [0.717, 1.165) is 0 Å². The van der Waals surface area contributed by atoms with Crippen molar-refractivity contribution in [2.24, 2.45) is 0 Å². The zero-order chi connectivity index (χ0) is 19.1. The molecular weight excluding hydrogens is 344 g/mol. The Labute approximate surface area is 156 Å². The summed E-state index contributed by atoms with van der Waals surface area (Å²) in [6.45, 7) is 0. The van der Waals surface area contributed by atoms with E-state index in [1.165, 1.54) is 0 Å². The summed E-state index contributed by atoms with van der Waals surface area (Å²) in [6.07, 6.45) is 0. The van der Waals surface area contributed by atoms with Gasteiger partial charge in [-0.3, -0.25) is 0 Å². The summed E-state index contributed by atoms with van der Waals surface area (Å²) in [5.41, 5.74) is 1.69. The van der Waals surface area contributed by atoms with Gasteiger partial charge >= 0.3 is 12.0 Å². The maximum Gasteiger partial charge on any atom is 0.343 e. The van der Waals surface area contributed by atoms with Crippen LogP contribution in [0.25, 0.3) is 0 Å². The molecule has 0 fully saturated rings. The number of esters is 1. The zero-order valence-corrected chi connectivity index (χ0v) is 14.6. The van der Waals surface area contributed by atoms with Crippen LogP contribution in [0.15, 0.2) is 78.9 Å². The minimum Gasteiger partial charge on any atom is -0.497 e. The van der Waals surface area contributed by atoms with Crippen molar-refractivity contribution in [2.45, 2.75) is 0 Å². The molecule has 6 heteroatoms. The number of para-hydroxylation sites is 1. The van der Waals surface area contributed by atoms with Gasteiger partial charge in [0.2, 0.25) is 0 Å². The van der Waals surface area contributed by atoms with Crippen LogP contribution in [0, 0.1) is 0 Å². The molecule has 0 heterocycles. The molecule has 0 bridgehead atoms. The van der Waals surface area contributed by atoms with E-state index in [1.54, 1.807) is 67.8 Å². The van der Waals surface area contributed by atoms with Crippen molar-refractivity contribution in [3.63, 3.8) is 0 Å². The number of ether oxygens (including phenoxy) is 2. The molecule has 0 aliphatic heterocycles. The molecule has 0 unspecified atom stereocenters. The van der Waals surface area contributed by atoms with Crippen LogP contribution in [0.2, 0.25) is 0 Å². The van der Waals surface area contributed by atoms with Gasteiger partial charge in [-0.15, -0.1) is 0 Å². The minimum atomic E-state index is -0.472. The van der Waals surface area contributed by atoms with Crippen LogP contribution >= 0.6 is 0 Å². The number of rotatable bonds is 5. The Bertz CT molecular complexity index is 907.